The van der Waals surface area contributed by atoms with Crippen molar-refractivity contribution in [1.29, 1.82) is 0 Å². The largest absolute Gasteiger partial charge is 0.370 e. The van der Waals surface area contributed by atoms with Crippen LogP contribution in [0.25, 0.3) is 10.9 Å². The molecule has 0 aliphatic heterocycles. The van der Waals surface area contributed by atoms with Crippen LogP contribution in [-0.2, 0) is 30.4 Å². The zero-order valence-electron chi connectivity index (χ0n) is 19.6. The lowest BCUT2D eigenvalue weighted by Crippen LogP contribution is -2.54. The lowest BCUT2D eigenvalue weighted by Gasteiger charge is -2.22. The molecule has 2 aromatic rings. The minimum atomic E-state index is -1.14. The third-order valence-corrected chi connectivity index (χ3v) is 5.38. The highest BCUT2D eigenvalue weighted by Crippen LogP contribution is 2.19. The average molecular weight is 489 g/mol. The van der Waals surface area contributed by atoms with Crippen LogP contribution in [0.1, 0.15) is 44.6 Å². The molecule has 190 valence electrons. The number of hydroxylamine groups is 1. The standard InChI is InChI=1S/C23H32N6O6/c1-14(30)25-11-5-4-8-21(32)27-18(9-10-20(24)31)22(33)28-19(23(34)29-35)12-15-13-26-17-7-3-2-6-16(15)17/h2-3,6-7,13,18-19,26,35H,4-5,8-12H2,1H3,(H2,24,31)(H,25,30)(H,27,32)(H,28,33)(H,29,34)/t18-,19-/m0/s1. The van der Waals surface area contributed by atoms with Crippen LogP contribution < -0.4 is 27.2 Å². The van der Waals surface area contributed by atoms with E-state index in [9.17, 15) is 29.2 Å². The Morgan fingerprint density at radius 2 is 1.74 bits per heavy atom. The minimum absolute atomic E-state index is 0.0562. The van der Waals surface area contributed by atoms with Crippen molar-refractivity contribution in [2.24, 2.45) is 5.73 Å². The van der Waals surface area contributed by atoms with Gasteiger partial charge < -0.3 is 26.7 Å². The number of fused-ring (bicyclic) bond motifs is 1. The van der Waals surface area contributed by atoms with Gasteiger partial charge in [-0.25, -0.2) is 5.48 Å². The first kappa shape index (κ1) is 27.3. The minimum Gasteiger partial charge on any atom is -0.370 e. The molecular formula is C23H32N6O6. The number of carbonyl (C=O) groups excluding carboxylic acids is 5. The fraction of sp³-hybridized carbons (Fsp3) is 0.435. The maximum atomic E-state index is 13.0. The molecule has 1 heterocycles. The number of H-pyrrole nitrogens is 1. The molecule has 0 unspecified atom stereocenters. The van der Waals surface area contributed by atoms with Crippen molar-refractivity contribution in [3.8, 4) is 0 Å². The highest BCUT2D eigenvalue weighted by Gasteiger charge is 2.27. The van der Waals surface area contributed by atoms with Crippen molar-refractivity contribution in [1.82, 2.24) is 26.4 Å². The van der Waals surface area contributed by atoms with E-state index < -0.39 is 35.7 Å². The van der Waals surface area contributed by atoms with Gasteiger partial charge in [0.1, 0.15) is 12.1 Å². The number of nitrogens with one attached hydrogen (secondary N) is 5. The molecule has 1 aromatic heterocycles. The number of rotatable bonds is 14. The number of nitrogens with two attached hydrogens (primary N) is 1. The van der Waals surface area contributed by atoms with E-state index in [0.29, 0.717) is 19.4 Å². The Bertz CT molecular complexity index is 1050. The Kier molecular flexibility index (Phi) is 10.7. The Morgan fingerprint density at radius 3 is 2.43 bits per heavy atom. The van der Waals surface area contributed by atoms with Gasteiger partial charge in [-0.05, 0) is 30.9 Å². The number of benzene rings is 1. The molecule has 0 saturated heterocycles. The monoisotopic (exact) mass is 488 g/mol. The summed E-state index contributed by atoms with van der Waals surface area (Å²) in [6.45, 7) is 1.83. The number of primary amides is 1. The smallest absolute Gasteiger partial charge is 0.266 e. The van der Waals surface area contributed by atoms with E-state index in [1.54, 1.807) is 11.7 Å². The average Bonchev–Trinajstić information content (AvgIpc) is 3.23. The molecule has 2 rings (SSSR count). The SMILES string of the molecule is CC(=O)NCCCCC(=O)N[C@@H](CCC(N)=O)C(=O)N[C@@H](Cc1c[nH]c2ccccc12)C(=O)NO. The first-order chi connectivity index (χ1) is 16.7. The number of aromatic nitrogens is 1. The first-order valence-electron chi connectivity index (χ1n) is 11.3. The third kappa shape index (κ3) is 9.08. The van der Waals surface area contributed by atoms with Crippen molar-refractivity contribution in [2.75, 3.05) is 6.54 Å². The molecular weight excluding hydrogens is 456 g/mol. The quantitative estimate of drug-likeness (QED) is 0.109. The van der Waals surface area contributed by atoms with Crippen LogP contribution in [0, 0.1) is 0 Å². The molecule has 0 saturated carbocycles. The predicted molar refractivity (Wildman–Crippen MR) is 127 cm³/mol. The molecule has 0 aliphatic carbocycles. The van der Waals surface area contributed by atoms with E-state index in [-0.39, 0.29) is 31.6 Å². The van der Waals surface area contributed by atoms with Crippen molar-refractivity contribution < 1.29 is 29.2 Å². The number of para-hydroxylation sites is 1. The zero-order valence-corrected chi connectivity index (χ0v) is 19.6. The van der Waals surface area contributed by atoms with Gasteiger partial charge in [-0.15, -0.1) is 0 Å². The van der Waals surface area contributed by atoms with Gasteiger partial charge >= 0.3 is 0 Å². The van der Waals surface area contributed by atoms with Crippen molar-refractivity contribution in [3.63, 3.8) is 0 Å². The van der Waals surface area contributed by atoms with E-state index in [4.69, 9.17) is 5.73 Å². The molecule has 5 amide bonds. The molecule has 1 aromatic carbocycles. The summed E-state index contributed by atoms with van der Waals surface area (Å²) in [4.78, 5) is 62.9. The van der Waals surface area contributed by atoms with Crippen LogP contribution in [0.5, 0.6) is 0 Å². The van der Waals surface area contributed by atoms with Gasteiger partial charge in [0.25, 0.3) is 5.91 Å². The molecule has 35 heavy (non-hydrogen) atoms. The highest BCUT2D eigenvalue weighted by molar-refractivity contribution is 5.93. The van der Waals surface area contributed by atoms with E-state index >= 15 is 0 Å². The number of aromatic amines is 1. The fourth-order valence-corrected chi connectivity index (χ4v) is 3.58. The summed E-state index contributed by atoms with van der Waals surface area (Å²) in [7, 11) is 0. The summed E-state index contributed by atoms with van der Waals surface area (Å²) in [5.74, 6) is -2.74. The molecule has 12 heteroatoms. The van der Waals surface area contributed by atoms with Crippen LogP contribution >= 0.6 is 0 Å². The fourth-order valence-electron chi connectivity index (χ4n) is 3.58. The first-order valence-corrected chi connectivity index (χ1v) is 11.3. The topological polar surface area (TPSA) is 196 Å². The summed E-state index contributed by atoms with van der Waals surface area (Å²) in [6.07, 6.45) is 2.74. The van der Waals surface area contributed by atoms with Gasteiger partial charge in [0, 0.05) is 49.8 Å². The van der Waals surface area contributed by atoms with Crippen LogP contribution in [0.2, 0.25) is 0 Å². The Labute approximate surface area is 202 Å². The highest BCUT2D eigenvalue weighted by atomic mass is 16.5. The van der Waals surface area contributed by atoms with Crippen LogP contribution in [0.4, 0.5) is 0 Å². The molecule has 0 spiro atoms. The summed E-state index contributed by atoms with van der Waals surface area (Å²) < 4.78 is 0. The second-order valence-corrected chi connectivity index (χ2v) is 8.17. The van der Waals surface area contributed by atoms with E-state index in [2.05, 4.69) is 20.9 Å². The Morgan fingerprint density at radius 1 is 1.00 bits per heavy atom. The lowest BCUT2D eigenvalue weighted by molar-refractivity contribution is -0.136. The third-order valence-electron chi connectivity index (χ3n) is 5.38. The summed E-state index contributed by atoms with van der Waals surface area (Å²) in [6, 6.07) is 5.17. The molecule has 8 N–H and O–H groups in total. The van der Waals surface area contributed by atoms with Crippen LogP contribution in [0.3, 0.4) is 0 Å². The summed E-state index contributed by atoms with van der Waals surface area (Å²) >= 11 is 0. The van der Waals surface area contributed by atoms with Crippen LogP contribution in [0.15, 0.2) is 30.5 Å². The van der Waals surface area contributed by atoms with E-state index in [0.717, 1.165) is 16.5 Å². The predicted octanol–water partition coefficient (Wildman–Crippen LogP) is -0.243. The van der Waals surface area contributed by atoms with Crippen molar-refractivity contribution >= 4 is 40.4 Å². The van der Waals surface area contributed by atoms with Gasteiger partial charge in [-0.2, -0.15) is 0 Å². The molecule has 0 radical (unpaired) electrons. The summed E-state index contributed by atoms with van der Waals surface area (Å²) in [5, 5.41) is 17.8. The normalized spacial score (nSPS) is 12.4. The van der Waals surface area contributed by atoms with Gasteiger partial charge in [0.15, 0.2) is 0 Å². The molecule has 0 bridgehead atoms. The van der Waals surface area contributed by atoms with E-state index in [1.165, 1.54) is 6.92 Å². The summed E-state index contributed by atoms with van der Waals surface area (Å²) in [5.41, 5.74) is 8.35. The number of amides is 5. The van der Waals surface area contributed by atoms with Gasteiger partial charge in [0.2, 0.25) is 23.6 Å². The molecule has 0 aliphatic rings. The van der Waals surface area contributed by atoms with Crippen molar-refractivity contribution in [2.45, 2.75) is 57.5 Å². The van der Waals surface area contributed by atoms with Crippen LogP contribution in [-0.4, -0.2) is 58.4 Å². The number of hydrogen-bond acceptors (Lipinski definition) is 6. The lowest BCUT2D eigenvalue weighted by atomic mass is 10.0. The maximum absolute atomic E-state index is 13.0. The van der Waals surface area contributed by atoms with Crippen molar-refractivity contribution in [3.05, 3.63) is 36.0 Å². The molecule has 12 nitrogen and oxygen atoms in total. The number of unbranched alkanes of at least 4 members (excludes halogenated alkanes) is 1. The zero-order chi connectivity index (χ0) is 25.8. The van der Waals surface area contributed by atoms with Gasteiger partial charge in [0.05, 0.1) is 0 Å². The van der Waals surface area contributed by atoms with E-state index in [1.807, 2.05) is 24.3 Å². The number of hydrogen-bond donors (Lipinski definition) is 7. The second-order valence-electron chi connectivity index (χ2n) is 8.17. The number of carbonyl (C=O) groups is 5. The Balaban J connectivity index is 2.04. The molecule has 2 atom stereocenters. The van der Waals surface area contributed by atoms with Gasteiger partial charge in [-0.1, -0.05) is 18.2 Å². The Hall–Kier alpha value is -3.93. The van der Waals surface area contributed by atoms with Gasteiger partial charge in [-0.3, -0.25) is 29.2 Å². The molecule has 0 fully saturated rings. The maximum Gasteiger partial charge on any atom is 0.266 e. The second kappa shape index (κ2) is 13.7.